The number of aromatic nitrogens is 2. The highest BCUT2D eigenvalue weighted by Gasteiger charge is 2.10. The van der Waals surface area contributed by atoms with Gasteiger partial charge in [0, 0.05) is 17.8 Å². The Bertz CT molecular complexity index is 842. The molecule has 0 amide bonds. The van der Waals surface area contributed by atoms with Gasteiger partial charge in [-0.1, -0.05) is 30.3 Å². The SMILES string of the molecule is O=[N+]([O-])c1ccccc1N/N=C\c1cnn(-c2ccccc2)c1. The number of rotatable bonds is 5. The zero-order valence-electron chi connectivity index (χ0n) is 12.0. The van der Waals surface area contributed by atoms with Crippen molar-refractivity contribution in [2.45, 2.75) is 0 Å². The summed E-state index contributed by atoms with van der Waals surface area (Å²) in [5.41, 5.74) is 4.72. The molecule has 3 rings (SSSR count). The van der Waals surface area contributed by atoms with Gasteiger partial charge >= 0.3 is 0 Å². The van der Waals surface area contributed by atoms with Crippen LogP contribution in [0.3, 0.4) is 0 Å². The molecule has 1 heterocycles. The van der Waals surface area contributed by atoms with Crippen molar-refractivity contribution in [2.24, 2.45) is 5.10 Å². The first-order valence-electron chi connectivity index (χ1n) is 6.86. The summed E-state index contributed by atoms with van der Waals surface area (Å²) in [6.07, 6.45) is 5.04. The lowest BCUT2D eigenvalue weighted by atomic mass is 10.3. The van der Waals surface area contributed by atoms with Crippen LogP contribution in [0.5, 0.6) is 0 Å². The predicted molar refractivity (Wildman–Crippen MR) is 87.9 cm³/mol. The van der Waals surface area contributed by atoms with Crippen molar-refractivity contribution in [1.29, 1.82) is 0 Å². The Labute approximate surface area is 132 Å². The Hall–Kier alpha value is -3.48. The van der Waals surface area contributed by atoms with E-state index in [0.717, 1.165) is 11.3 Å². The minimum atomic E-state index is -0.453. The minimum Gasteiger partial charge on any atom is -0.272 e. The molecule has 0 bridgehead atoms. The molecule has 0 saturated heterocycles. The molecular formula is C16H13N5O2. The maximum absolute atomic E-state index is 10.9. The fourth-order valence-electron chi connectivity index (χ4n) is 2.03. The molecular weight excluding hydrogens is 294 g/mol. The van der Waals surface area contributed by atoms with E-state index in [0.29, 0.717) is 5.69 Å². The standard InChI is InChI=1S/C16H13N5O2/c22-21(23)16-9-5-4-8-15(16)19-17-10-13-11-18-20(12-13)14-6-2-1-3-7-14/h1-12,19H/b17-10-. The fraction of sp³-hybridized carbons (Fsp3) is 0. The molecule has 114 valence electrons. The molecule has 0 aliphatic rings. The van der Waals surface area contributed by atoms with Gasteiger partial charge in [0.1, 0.15) is 5.69 Å². The van der Waals surface area contributed by atoms with Gasteiger partial charge in [-0.25, -0.2) is 4.68 Å². The van der Waals surface area contributed by atoms with Gasteiger partial charge in [-0.15, -0.1) is 0 Å². The molecule has 7 heteroatoms. The van der Waals surface area contributed by atoms with Crippen LogP contribution in [0.25, 0.3) is 5.69 Å². The Morgan fingerprint density at radius 2 is 1.87 bits per heavy atom. The first-order chi connectivity index (χ1) is 11.2. The zero-order valence-corrected chi connectivity index (χ0v) is 12.0. The van der Waals surface area contributed by atoms with Crippen molar-refractivity contribution >= 4 is 17.6 Å². The third-order valence-electron chi connectivity index (χ3n) is 3.12. The Kier molecular flexibility index (Phi) is 4.10. The molecule has 0 spiro atoms. The van der Waals surface area contributed by atoms with Crippen molar-refractivity contribution in [3.63, 3.8) is 0 Å². The van der Waals surface area contributed by atoms with E-state index in [4.69, 9.17) is 0 Å². The van der Waals surface area contributed by atoms with Crippen molar-refractivity contribution in [3.8, 4) is 5.69 Å². The summed E-state index contributed by atoms with van der Waals surface area (Å²) in [7, 11) is 0. The van der Waals surface area contributed by atoms with Gasteiger partial charge in [0.2, 0.25) is 0 Å². The van der Waals surface area contributed by atoms with E-state index < -0.39 is 4.92 Å². The van der Waals surface area contributed by atoms with Crippen LogP contribution in [0.2, 0.25) is 0 Å². The fourth-order valence-corrected chi connectivity index (χ4v) is 2.03. The number of hydrogen-bond acceptors (Lipinski definition) is 5. The van der Waals surface area contributed by atoms with Crippen molar-refractivity contribution in [1.82, 2.24) is 9.78 Å². The summed E-state index contributed by atoms with van der Waals surface area (Å²) in [6, 6.07) is 16.0. The van der Waals surface area contributed by atoms with E-state index in [1.165, 1.54) is 6.07 Å². The third kappa shape index (κ3) is 3.41. The molecule has 3 aromatic rings. The summed E-state index contributed by atoms with van der Waals surface area (Å²) in [5, 5.41) is 19.2. The van der Waals surface area contributed by atoms with Gasteiger partial charge in [-0.2, -0.15) is 10.2 Å². The van der Waals surface area contributed by atoms with E-state index in [-0.39, 0.29) is 5.69 Å². The van der Waals surface area contributed by atoms with E-state index in [1.807, 2.05) is 36.5 Å². The number of hydrogen-bond donors (Lipinski definition) is 1. The lowest BCUT2D eigenvalue weighted by Gasteiger charge is -2.00. The highest BCUT2D eigenvalue weighted by Crippen LogP contribution is 2.22. The van der Waals surface area contributed by atoms with Gasteiger partial charge in [0.25, 0.3) is 5.69 Å². The third-order valence-corrected chi connectivity index (χ3v) is 3.12. The van der Waals surface area contributed by atoms with Gasteiger partial charge < -0.3 is 0 Å². The number of hydrazone groups is 1. The number of nitrogens with zero attached hydrogens (tertiary/aromatic N) is 4. The molecule has 23 heavy (non-hydrogen) atoms. The summed E-state index contributed by atoms with van der Waals surface area (Å²) >= 11 is 0. The number of benzene rings is 2. The van der Waals surface area contributed by atoms with E-state index in [2.05, 4.69) is 15.6 Å². The monoisotopic (exact) mass is 307 g/mol. The van der Waals surface area contributed by atoms with E-state index in [9.17, 15) is 10.1 Å². The summed E-state index contributed by atoms with van der Waals surface area (Å²) in [4.78, 5) is 10.5. The number of para-hydroxylation sites is 3. The first-order valence-corrected chi connectivity index (χ1v) is 6.86. The summed E-state index contributed by atoms with van der Waals surface area (Å²) in [5.74, 6) is 0. The van der Waals surface area contributed by atoms with Gasteiger partial charge in [0.05, 0.1) is 23.0 Å². The number of nitrogens with one attached hydrogen (secondary N) is 1. The lowest BCUT2D eigenvalue weighted by Crippen LogP contribution is -1.96. The largest absolute Gasteiger partial charge is 0.294 e. The highest BCUT2D eigenvalue weighted by molar-refractivity contribution is 5.80. The number of nitro benzene ring substituents is 1. The second kappa shape index (κ2) is 6.52. The van der Waals surface area contributed by atoms with Gasteiger partial charge in [0.15, 0.2) is 0 Å². The van der Waals surface area contributed by atoms with E-state index >= 15 is 0 Å². The molecule has 1 N–H and O–H groups in total. The summed E-state index contributed by atoms with van der Waals surface area (Å²) in [6.45, 7) is 0. The molecule has 2 aromatic carbocycles. The minimum absolute atomic E-state index is 0.0235. The quantitative estimate of drug-likeness (QED) is 0.445. The molecule has 0 saturated carbocycles. The Balaban J connectivity index is 1.72. The van der Waals surface area contributed by atoms with Crippen LogP contribution in [-0.2, 0) is 0 Å². The maximum atomic E-state index is 10.9. The lowest BCUT2D eigenvalue weighted by molar-refractivity contribution is -0.384. The molecule has 0 unspecified atom stereocenters. The maximum Gasteiger partial charge on any atom is 0.294 e. The van der Waals surface area contributed by atoms with Crippen LogP contribution >= 0.6 is 0 Å². The first kappa shape index (κ1) is 14.5. The predicted octanol–water partition coefficient (Wildman–Crippen LogP) is 3.23. The van der Waals surface area contributed by atoms with Crippen LogP contribution in [-0.4, -0.2) is 20.9 Å². The average molecular weight is 307 g/mol. The molecule has 7 nitrogen and oxygen atoms in total. The summed E-state index contributed by atoms with van der Waals surface area (Å²) < 4.78 is 1.73. The molecule has 0 fully saturated rings. The highest BCUT2D eigenvalue weighted by atomic mass is 16.6. The zero-order chi connectivity index (χ0) is 16.1. The average Bonchev–Trinajstić information content (AvgIpc) is 3.05. The molecule has 0 radical (unpaired) electrons. The molecule has 0 atom stereocenters. The van der Waals surface area contributed by atoms with Crippen molar-refractivity contribution in [3.05, 3.63) is 82.7 Å². The second-order valence-electron chi connectivity index (χ2n) is 4.70. The smallest absolute Gasteiger partial charge is 0.272 e. The molecule has 0 aliphatic carbocycles. The topological polar surface area (TPSA) is 85.3 Å². The Morgan fingerprint density at radius 3 is 2.65 bits per heavy atom. The number of anilines is 1. The van der Waals surface area contributed by atoms with Gasteiger partial charge in [-0.3, -0.25) is 15.5 Å². The second-order valence-corrected chi connectivity index (χ2v) is 4.70. The van der Waals surface area contributed by atoms with E-state index in [1.54, 1.807) is 35.3 Å². The van der Waals surface area contributed by atoms with Gasteiger partial charge in [-0.05, 0) is 18.2 Å². The van der Waals surface area contributed by atoms with Crippen molar-refractivity contribution < 1.29 is 4.92 Å². The number of nitro groups is 1. The van der Waals surface area contributed by atoms with Crippen LogP contribution < -0.4 is 5.43 Å². The van der Waals surface area contributed by atoms with Crippen LogP contribution in [0.15, 0.2) is 72.1 Å². The Morgan fingerprint density at radius 1 is 1.13 bits per heavy atom. The van der Waals surface area contributed by atoms with Crippen LogP contribution in [0.1, 0.15) is 5.56 Å². The van der Waals surface area contributed by atoms with Crippen LogP contribution in [0.4, 0.5) is 11.4 Å². The molecule has 1 aromatic heterocycles. The van der Waals surface area contributed by atoms with Crippen molar-refractivity contribution in [2.75, 3.05) is 5.43 Å². The van der Waals surface area contributed by atoms with Crippen LogP contribution in [0, 0.1) is 10.1 Å². The normalized spacial score (nSPS) is 10.8. The molecule has 0 aliphatic heterocycles.